The first kappa shape index (κ1) is 20.5. The Morgan fingerprint density at radius 3 is 2.59 bits per heavy atom. The van der Waals surface area contributed by atoms with E-state index in [9.17, 15) is 19.5 Å². The zero-order chi connectivity index (χ0) is 21.0. The number of aromatic carboxylic acids is 1. The number of anilines is 1. The Labute approximate surface area is 176 Å². The summed E-state index contributed by atoms with van der Waals surface area (Å²) in [7, 11) is 0. The number of nitrogens with one attached hydrogen (secondary N) is 1. The highest BCUT2D eigenvalue weighted by atomic mass is 79.9. The molecule has 0 unspecified atom stereocenters. The summed E-state index contributed by atoms with van der Waals surface area (Å²) in [6.45, 7) is -0.671. The molecular weight excluding hydrogens is 464 g/mol. The summed E-state index contributed by atoms with van der Waals surface area (Å²) in [6, 6.07) is 11.8. The fourth-order valence-electron chi connectivity index (χ4n) is 2.42. The molecule has 2 aromatic heterocycles. The van der Waals surface area contributed by atoms with E-state index < -0.39 is 18.5 Å². The molecule has 0 aliphatic rings. The van der Waals surface area contributed by atoms with E-state index >= 15 is 0 Å². The molecule has 29 heavy (non-hydrogen) atoms. The van der Waals surface area contributed by atoms with E-state index in [1.165, 1.54) is 6.20 Å². The number of aliphatic carboxylic acids is 1. The quantitative estimate of drug-likeness (QED) is 0.470. The molecular formula is C19H13BrN2O6S. The van der Waals surface area contributed by atoms with Crippen molar-refractivity contribution >= 4 is 50.8 Å². The van der Waals surface area contributed by atoms with Gasteiger partial charge in [0, 0.05) is 11.9 Å². The third-order valence-electron chi connectivity index (χ3n) is 3.62. The maximum Gasteiger partial charge on any atom is 0.349 e. The number of carbonyl (C=O) groups is 3. The summed E-state index contributed by atoms with van der Waals surface area (Å²) < 4.78 is 5.48. The van der Waals surface area contributed by atoms with Gasteiger partial charge in [0.1, 0.15) is 5.69 Å². The van der Waals surface area contributed by atoms with E-state index in [4.69, 9.17) is 9.84 Å². The van der Waals surface area contributed by atoms with Crippen molar-refractivity contribution in [3.8, 4) is 16.2 Å². The van der Waals surface area contributed by atoms with E-state index in [-0.39, 0.29) is 22.2 Å². The van der Waals surface area contributed by atoms with Crippen molar-refractivity contribution < 1.29 is 29.3 Å². The molecule has 8 nitrogen and oxygen atoms in total. The number of carboxylic acids is 2. The van der Waals surface area contributed by atoms with Crippen LogP contribution in [-0.4, -0.2) is 39.6 Å². The highest BCUT2D eigenvalue weighted by Gasteiger charge is 2.24. The lowest BCUT2D eigenvalue weighted by atomic mass is 10.1. The first-order valence-corrected chi connectivity index (χ1v) is 9.70. The van der Waals surface area contributed by atoms with Crippen LogP contribution in [0.15, 0.2) is 53.1 Å². The van der Waals surface area contributed by atoms with Gasteiger partial charge in [-0.3, -0.25) is 9.78 Å². The van der Waals surface area contributed by atoms with Crippen LogP contribution in [0.4, 0.5) is 5.69 Å². The Bertz CT molecular complexity index is 1080. The van der Waals surface area contributed by atoms with Crippen LogP contribution in [0.5, 0.6) is 5.75 Å². The van der Waals surface area contributed by atoms with Crippen LogP contribution in [0, 0.1) is 0 Å². The third kappa shape index (κ3) is 4.79. The minimum Gasteiger partial charge on any atom is -0.479 e. The molecule has 1 amide bonds. The molecule has 0 fully saturated rings. The number of carboxylic acid groups (broad SMARTS) is 2. The Balaban J connectivity index is 1.92. The van der Waals surface area contributed by atoms with E-state index in [0.717, 1.165) is 11.3 Å². The molecule has 3 N–H and O–H groups in total. The van der Waals surface area contributed by atoms with Crippen LogP contribution in [0.1, 0.15) is 20.2 Å². The summed E-state index contributed by atoms with van der Waals surface area (Å²) in [4.78, 5) is 39.0. The lowest BCUT2D eigenvalue weighted by molar-refractivity contribution is -0.139. The van der Waals surface area contributed by atoms with Gasteiger partial charge in [-0.1, -0.05) is 18.2 Å². The molecule has 3 aromatic rings. The highest BCUT2D eigenvalue weighted by Crippen LogP contribution is 2.46. The van der Waals surface area contributed by atoms with E-state index in [1.807, 2.05) is 0 Å². The second kappa shape index (κ2) is 8.84. The molecule has 0 aliphatic heterocycles. The van der Waals surface area contributed by atoms with Crippen molar-refractivity contribution in [2.24, 2.45) is 0 Å². The van der Waals surface area contributed by atoms with Gasteiger partial charge in [-0.05, 0) is 45.8 Å². The van der Waals surface area contributed by atoms with E-state index in [2.05, 4.69) is 26.2 Å². The topological polar surface area (TPSA) is 126 Å². The van der Waals surface area contributed by atoms with Gasteiger partial charge in [-0.15, -0.1) is 11.3 Å². The number of aromatic nitrogens is 1. The molecule has 148 valence electrons. The SMILES string of the molecule is O=C(O)COc1c(C(=O)O)sc(-c2cccc(NC(=O)c3ccccn3)c2)c1Br. The van der Waals surface area contributed by atoms with Crippen molar-refractivity contribution in [3.63, 3.8) is 0 Å². The minimum absolute atomic E-state index is 0.0529. The number of hydrogen-bond donors (Lipinski definition) is 3. The smallest absolute Gasteiger partial charge is 0.349 e. The van der Waals surface area contributed by atoms with Crippen LogP contribution in [0.2, 0.25) is 0 Å². The average Bonchev–Trinajstić information content (AvgIpc) is 3.04. The summed E-state index contributed by atoms with van der Waals surface area (Å²) in [5.74, 6) is -2.89. The molecule has 10 heteroatoms. The van der Waals surface area contributed by atoms with Crippen molar-refractivity contribution in [3.05, 3.63) is 63.7 Å². The Morgan fingerprint density at radius 1 is 1.14 bits per heavy atom. The van der Waals surface area contributed by atoms with Gasteiger partial charge < -0.3 is 20.3 Å². The zero-order valence-electron chi connectivity index (χ0n) is 14.6. The third-order valence-corrected chi connectivity index (χ3v) is 5.85. The number of hydrogen-bond acceptors (Lipinski definition) is 6. The van der Waals surface area contributed by atoms with Crippen LogP contribution in [0.3, 0.4) is 0 Å². The predicted octanol–water partition coefficient (Wildman–Crippen LogP) is 3.99. The Hall–Kier alpha value is -3.24. The molecule has 0 aliphatic carbocycles. The zero-order valence-corrected chi connectivity index (χ0v) is 17.0. The summed E-state index contributed by atoms with van der Waals surface area (Å²) in [5.41, 5.74) is 1.37. The van der Waals surface area contributed by atoms with Gasteiger partial charge in [-0.2, -0.15) is 0 Å². The fraction of sp³-hybridized carbons (Fsp3) is 0.0526. The first-order chi connectivity index (χ1) is 13.9. The molecule has 1 aromatic carbocycles. The van der Waals surface area contributed by atoms with Crippen molar-refractivity contribution in [1.82, 2.24) is 4.98 Å². The lowest BCUT2D eigenvalue weighted by Crippen LogP contribution is -2.13. The van der Waals surface area contributed by atoms with E-state index in [0.29, 0.717) is 20.6 Å². The predicted molar refractivity (Wildman–Crippen MR) is 110 cm³/mol. The summed E-state index contributed by atoms with van der Waals surface area (Å²) >= 11 is 4.23. The number of nitrogens with zero attached hydrogens (tertiary/aromatic N) is 1. The molecule has 0 radical (unpaired) electrons. The standard InChI is InChI=1S/C19H13BrN2O6S/c20-14-15(28-9-13(23)24)17(19(26)27)29-16(14)10-4-3-5-11(8-10)22-18(25)12-6-1-2-7-21-12/h1-8H,9H2,(H,22,25)(H,23,24)(H,26,27). The number of thiophene rings is 1. The van der Waals surface area contributed by atoms with Crippen LogP contribution >= 0.6 is 27.3 Å². The van der Waals surface area contributed by atoms with Gasteiger partial charge in [0.05, 0.1) is 9.35 Å². The number of amides is 1. The molecule has 3 rings (SSSR count). The van der Waals surface area contributed by atoms with Gasteiger partial charge in [0.25, 0.3) is 5.91 Å². The molecule has 0 saturated heterocycles. The monoisotopic (exact) mass is 476 g/mol. The maximum atomic E-state index is 12.3. The number of rotatable bonds is 7. The van der Waals surface area contributed by atoms with Gasteiger partial charge in [0.2, 0.25) is 0 Å². The summed E-state index contributed by atoms with van der Waals surface area (Å²) in [6.07, 6.45) is 1.51. The highest BCUT2D eigenvalue weighted by molar-refractivity contribution is 9.10. The molecule has 0 saturated carbocycles. The lowest BCUT2D eigenvalue weighted by Gasteiger charge is -2.07. The largest absolute Gasteiger partial charge is 0.479 e. The fourth-order valence-corrected chi connectivity index (χ4v) is 4.30. The maximum absolute atomic E-state index is 12.3. The average molecular weight is 477 g/mol. The van der Waals surface area contributed by atoms with Crippen molar-refractivity contribution in [1.29, 1.82) is 0 Å². The van der Waals surface area contributed by atoms with Gasteiger partial charge >= 0.3 is 11.9 Å². The van der Waals surface area contributed by atoms with Gasteiger partial charge in [-0.25, -0.2) is 9.59 Å². The molecule has 0 bridgehead atoms. The summed E-state index contributed by atoms with van der Waals surface area (Å²) in [5, 5.41) is 21.0. The van der Waals surface area contributed by atoms with Crippen LogP contribution in [0.25, 0.3) is 10.4 Å². The second-order valence-corrected chi connectivity index (χ2v) is 7.45. The number of benzene rings is 1. The van der Waals surface area contributed by atoms with E-state index in [1.54, 1.807) is 42.5 Å². The number of ether oxygens (including phenoxy) is 1. The normalized spacial score (nSPS) is 10.4. The number of carbonyl (C=O) groups excluding carboxylic acids is 1. The first-order valence-electron chi connectivity index (χ1n) is 8.10. The molecule has 0 atom stereocenters. The minimum atomic E-state index is -1.23. The second-order valence-electron chi connectivity index (χ2n) is 5.64. The van der Waals surface area contributed by atoms with Crippen LogP contribution < -0.4 is 10.1 Å². The number of pyridine rings is 1. The van der Waals surface area contributed by atoms with Gasteiger partial charge in [0.15, 0.2) is 17.2 Å². The Morgan fingerprint density at radius 2 is 1.93 bits per heavy atom. The molecule has 0 spiro atoms. The van der Waals surface area contributed by atoms with Crippen LogP contribution in [-0.2, 0) is 4.79 Å². The number of halogens is 1. The van der Waals surface area contributed by atoms with Crippen molar-refractivity contribution in [2.45, 2.75) is 0 Å². The molecule has 2 heterocycles. The Kier molecular flexibility index (Phi) is 6.25. The van der Waals surface area contributed by atoms with Crippen molar-refractivity contribution in [2.75, 3.05) is 11.9 Å².